The molecule has 1 spiro atoms. The lowest BCUT2D eigenvalue weighted by atomic mass is 10.0. The van der Waals surface area contributed by atoms with E-state index in [1.807, 2.05) is 4.90 Å². The fourth-order valence-electron chi connectivity index (χ4n) is 2.64. The molecule has 7 heteroatoms. The minimum Gasteiger partial charge on any atom is -0.378 e. The predicted molar refractivity (Wildman–Crippen MR) is 65.6 cm³/mol. The second kappa shape index (κ2) is 4.89. The van der Waals surface area contributed by atoms with Crippen molar-refractivity contribution < 1.29 is 22.6 Å². The molecule has 2 fully saturated rings. The van der Waals surface area contributed by atoms with E-state index in [0.717, 1.165) is 18.6 Å². The molecule has 3 heterocycles. The second-order valence-corrected chi connectivity index (χ2v) is 5.16. The fourth-order valence-corrected chi connectivity index (χ4v) is 2.64. The number of morpholine rings is 1. The van der Waals surface area contributed by atoms with Crippen molar-refractivity contribution in [1.82, 2.24) is 4.98 Å². The Balaban J connectivity index is 1.82. The highest BCUT2D eigenvalue weighted by atomic mass is 19.4. The maximum atomic E-state index is 12.7. The van der Waals surface area contributed by atoms with Crippen molar-refractivity contribution in [2.75, 3.05) is 37.8 Å². The Bertz CT molecular complexity index is 487. The van der Waals surface area contributed by atoms with Crippen LogP contribution < -0.4 is 4.90 Å². The van der Waals surface area contributed by atoms with Crippen molar-refractivity contribution in [3.8, 4) is 0 Å². The molecule has 3 rings (SSSR count). The highest BCUT2D eigenvalue weighted by molar-refractivity contribution is 5.43. The van der Waals surface area contributed by atoms with Gasteiger partial charge in [0.15, 0.2) is 0 Å². The zero-order chi connectivity index (χ0) is 14.2. The van der Waals surface area contributed by atoms with E-state index in [9.17, 15) is 13.2 Å². The van der Waals surface area contributed by atoms with Gasteiger partial charge in [-0.1, -0.05) is 0 Å². The van der Waals surface area contributed by atoms with Crippen molar-refractivity contribution in [1.29, 1.82) is 0 Å². The zero-order valence-electron chi connectivity index (χ0n) is 10.8. The molecule has 1 atom stereocenters. The number of alkyl halides is 3. The number of ether oxygens (including phenoxy) is 2. The van der Waals surface area contributed by atoms with Crippen LogP contribution in [-0.2, 0) is 15.7 Å². The molecule has 1 unspecified atom stereocenters. The lowest BCUT2D eigenvalue weighted by Crippen LogP contribution is -2.52. The van der Waals surface area contributed by atoms with Gasteiger partial charge in [-0.25, -0.2) is 4.98 Å². The van der Waals surface area contributed by atoms with Crippen LogP contribution in [0.1, 0.15) is 12.0 Å². The summed E-state index contributed by atoms with van der Waals surface area (Å²) in [6.45, 7) is 2.64. The zero-order valence-corrected chi connectivity index (χ0v) is 10.8. The molecule has 2 aliphatic heterocycles. The van der Waals surface area contributed by atoms with Crippen molar-refractivity contribution in [3.63, 3.8) is 0 Å². The molecule has 0 bridgehead atoms. The Hall–Kier alpha value is -1.34. The van der Waals surface area contributed by atoms with E-state index in [-0.39, 0.29) is 0 Å². The van der Waals surface area contributed by atoms with Crippen molar-refractivity contribution in [3.05, 3.63) is 23.9 Å². The van der Waals surface area contributed by atoms with E-state index in [4.69, 9.17) is 9.47 Å². The van der Waals surface area contributed by atoms with Crippen LogP contribution in [0.25, 0.3) is 0 Å². The summed E-state index contributed by atoms with van der Waals surface area (Å²) >= 11 is 0. The normalized spacial score (nSPS) is 27.2. The standard InChI is InChI=1S/C13H15F3N2O2/c14-13(15,16)10-1-3-17-11(7-10)18-4-6-20-12(8-18)2-5-19-9-12/h1,3,7H,2,4-6,8-9H2. The van der Waals surface area contributed by atoms with Gasteiger partial charge in [0, 0.05) is 25.8 Å². The quantitative estimate of drug-likeness (QED) is 0.792. The average molecular weight is 288 g/mol. The van der Waals surface area contributed by atoms with E-state index < -0.39 is 17.3 Å². The van der Waals surface area contributed by atoms with Crippen LogP contribution in [0, 0.1) is 0 Å². The predicted octanol–water partition coefficient (Wildman–Crippen LogP) is 2.10. The van der Waals surface area contributed by atoms with E-state index >= 15 is 0 Å². The number of anilines is 1. The van der Waals surface area contributed by atoms with Gasteiger partial charge in [-0.15, -0.1) is 0 Å². The summed E-state index contributed by atoms with van der Waals surface area (Å²) in [5, 5.41) is 0. The smallest absolute Gasteiger partial charge is 0.378 e. The van der Waals surface area contributed by atoms with E-state index in [2.05, 4.69) is 4.98 Å². The topological polar surface area (TPSA) is 34.6 Å². The minimum atomic E-state index is -4.35. The van der Waals surface area contributed by atoms with Crippen molar-refractivity contribution in [2.45, 2.75) is 18.2 Å². The Morgan fingerprint density at radius 1 is 1.30 bits per heavy atom. The van der Waals surface area contributed by atoms with Gasteiger partial charge in [-0.3, -0.25) is 0 Å². The van der Waals surface area contributed by atoms with Crippen LogP contribution >= 0.6 is 0 Å². The lowest BCUT2D eigenvalue weighted by Gasteiger charge is -2.40. The number of pyridine rings is 1. The van der Waals surface area contributed by atoms with Gasteiger partial charge >= 0.3 is 6.18 Å². The van der Waals surface area contributed by atoms with Gasteiger partial charge in [0.2, 0.25) is 0 Å². The number of hydrogen-bond acceptors (Lipinski definition) is 4. The number of hydrogen-bond donors (Lipinski definition) is 0. The summed E-state index contributed by atoms with van der Waals surface area (Å²) < 4.78 is 49.3. The number of nitrogens with zero attached hydrogens (tertiary/aromatic N) is 2. The molecule has 1 aromatic heterocycles. The number of halogens is 3. The molecular weight excluding hydrogens is 273 g/mol. The molecule has 2 saturated heterocycles. The number of aromatic nitrogens is 1. The van der Waals surface area contributed by atoms with Crippen LogP contribution in [0.2, 0.25) is 0 Å². The third kappa shape index (κ3) is 2.60. The van der Waals surface area contributed by atoms with E-state index in [0.29, 0.717) is 38.7 Å². The monoisotopic (exact) mass is 288 g/mol. The first-order valence-corrected chi connectivity index (χ1v) is 6.48. The first-order chi connectivity index (χ1) is 9.49. The third-order valence-electron chi connectivity index (χ3n) is 3.71. The Kier molecular flexibility index (Phi) is 3.33. The van der Waals surface area contributed by atoms with Crippen molar-refractivity contribution in [2.24, 2.45) is 0 Å². The highest BCUT2D eigenvalue weighted by Crippen LogP contribution is 2.33. The van der Waals surface area contributed by atoms with Crippen LogP contribution in [0.5, 0.6) is 0 Å². The Morgan fingerprint density at radius 3 is 2.85 bits per heavy atom. The minimum absolute atomic E-state index is 0.342. The van der Waals surface area contributed by atoms with E-state index in [1.54, 1.807) is 0 Å². The first-order valence-electron chi connectivity index (χ1n) is 6.48. The van der Waals surface area contributed by atoms with E-state index in [1.165, 1.54) is 6.20 Å². The van der Waals surface area contributed by atoms with Crippen LogP contribution in [0.4, 0.5) is 19.0 Å². The molecule has 0 amide bonds. The molecule has 0 aliphatic carbocycles. The summed E-state index contributed by atoms with van der Waals surface area (Å²) in [5.41, 5.74) is -1.07. The highest BCUT2D eigenvalue weighted by Gasteiger charge is 2.41. The maximum Gasteiger partial charge on any atom is 0.416 e. The van der Waals surface area contributed by atoms with Crippen molar-refractivity contribution >= 4 is 5.82 Å². The van der Waals surface area contributed by atoms with Gasteiger partial charge in [-0.05, 0) is 12.1 Å². The summed E-state index contributed by atoms with van der Waals surface area (Å²) in [7, 11) is 0. The molecule has 20 heavy (non-hydrogen) atoms. The molecule has 110 valence electrons. The fraction of sp³-hybridized carbons (Fsp3) is 0.615. The van der Waals surface area contributed by atoms with Gasteiger partial charge in [0.25, 0.3) is 0 Å². The molecule has 0 radical (unpaired) electrons. The van der Waals surface area contributed by atoms with Gasteiger partial charge in [-0.2, -0.15) is 13.2 Å². The summed E-state index contributed by atoms with van der Waals surface area (Å²) in [6, 6.07) is 2.08. The Morgan fingerprint density at radius 2 is 2.15 bits per heavy atom. The molecule has 2 aliphatic rings. The van der Waals surface area contributed by atoms with Gasteiger partial charge in [0.05, 0.1) is 25.3 Å². The molecular formula is C13H15F3N2O2. The Labute approximate surface area is 114 Å². The first kappa shape index (κ1) is 13.6. The molecule has 4 nitrogen and oxygen atoms in total. The number of rotatable bonds is 1. The molecule has 0 saturated carbocycles. The summed E-state index contributed by atoms with van der Waals surface area (Å²) in [5.74, 6) is 0.342. The average Bonchev–Trinajstić information content (AvgIpc) is 2.86. The summed E-state index contributed by atoms with van der Waals surface area (Å²) in [4.78, 5) is 5.90. The van der Waals surface area contributed by atoms with Gasteiger partial charge in [0.1, 0.15) is 11.4 Å². The van der Waals surface area contributed by atoms with Crippen LogP contribution in [-0.4, -0.2) is 43.5 Å². The largest absolute Gasteiger partial charge is 0.416 e. The maximum absolute atomic E-state index is 12.7. The molecule has 1 aromatic rings. The lowest BCUT2D eigenvalue weighted by molar-refractivity contribution is -0.137. The van der Waals surface area contributed by atoms with Crippen LogP contribution in [0.3, 0.4) is 0 Å². The SMILES string of the molecule is FC(F)(F)c1ccnc(N2CCOC3(CCOC3)C2)c1. The van der Waals surface area contributed by atoms with Gasteiger partial charge < -0.3 is 14.4 Å². The summed E-state index contributed by atoms with van der Waals surface area (Å²) in [6.07, 6.45) is -2.38. The third-order valence-corrected chi connectivity index (χ3v) is 3.71. The van der Waals surface area contributed by atoms with Crippen LogP contribution in [0.15, 0.2) is 18.3 Å². The molecule has 0 aromatic carbocycles. The second-order valence-electron chi connectivity index (χ2n) is 5.16. The molecule has 0 N–H and O–H groups in total.